The average molecular weight is 401 g/mol. The fraction of sp³-hybridized carbons (Fsp3) is 0.235. The molecule has 0 spiro atoms. The van der Waals surface area contributed by atoms with E-state index in [9.17, 15) is 22.3 Å². The zero-order chi connectivity index (χ0) is 19.1. The minimum absolute atomic E-state index is 0.0991. The van der Waals surface area contributed by atoms with E-state index in [1.54, 1.807) is 24.3 Å². The summed E-state index contributed by atoms with van der Waals surface area (Å²) in [6, 6.07) is 12.1. The number of β-amino-alcohol motifs (C(OH)–C–C–N with tert-alkyl or cyclic N) is 1. The monoisotopic (exact) mass is 400 g/mol. The number of hydrogen-bond acceptors (Lipinski definition) is 5. The third-order valence-electron chi connectivity index (χ3n) is 3.97. The molecule has 26 heavy (non-hydrogen) atoms. The zero-order valence-corrected chi connectivity index (χ0v) is 15.2. The van der Waals surface area contributed by atoms with Gasteiger partial charge in [-0.2, -0.15) is 0 Å². The first-order chi connectivity index (χ1) is 12.1. The summed E-state index contributed by atoms with van der Waals surface area (Å²) in [5.41, 5.74) is -1.62. The van der Waals surface area contributed by atoms with Gasteiger partial charge in [-0.1, -0.05) is 11.6 Å². The van der Waals surface area contributed by atoms with Gasteiger partial charge in [0.25, 0.3) is 6.43 Å². The molecule has 1 N–H and O–H groups in total. The number of hydrogen-bond donors (Lipinski definition) is 1. The molecule has 5 nitrogen and oxygen atoms in total. The molecule has 2 aromatic carbocycles. The summed E-state index contributed by atoms with van der Waals surface area (Å²) in [5, 5.41) is 10.6. The number of sulfone groups is 1. The van der Waals surface area contributed by atoms with Crippen molar-refractivity contribution < 1.29 is 22.3 Å². The lowest BCUT2D eigenvalue weighted by molar-refractivity contribution is -0.0775. The van der Waals surface area contributed by atoms with Gasteiger partial charge in [0.1, 0.15) is 5.84 Å². The Labute approximate surface area is 154 Å². The minimum Gasteiger partial charge on any atom is -0.363 e. The summed E-state index contributed by atoms with van der Waals surface area (Å²) in [7, 11) is -3.39. The molecule has 1 aliphatic heterocycles. The molecule has 1 aliphatic rings. The van der Waals surface area contributed by atoms with E-state index in [0.717, 1.165) is 6.26 Å². The van der Waals surface area contributed by atoms with Crippen LogP contribution in [0.4, 0.5) is 14.5 Å². The van der Waals surface area contributed by atoms with Gasteiger partial charge in [0, 0.05) is 22.5 Å². The Hall–Kier alpha value is -2.03. The second-order valence-electron chi connectivity index (χ2n) is 5.97. The van der Waals surface area contributed by atoms with Crippen molar-refractivity contribution >= 4 is 33.0 Å². The standard InChI is InChI=1S/C17H15ClF2N2O3S/c1-26(24,25)14-8-2-11(3-9-14)15-21-17(23,16(19)20)10-22(15)13-6-4-12(18)5-7-13/h2-9,16,23H,10H2,1H3. The average Bonchev–Trinajstić information content (AvgIpc) is 2.94. The fourth-order valence-corrected chi connectivity index (χ4v) is 3.37. The fourth-order valence-electron chi connectivity index (χ4n) is 2.61. The highest BCUT2D eigenvalue weighted by Crippen LogP contribution is 2.32. The quantitative estimate of drug-likeness (QED) is 0.856. The van der Waals surface area contributed by atoms with Gasteiger partial charge in [-0.25, -0.2) is 22.2 Å². The SMILES string of the molecule is CS(=O)(=O)c1ccc(C2=NC(O)(C(F)F)CN2c2ccc(Cl)cc2)cc1. The zero-order valence-electron chi connectivity index (χ0n) is 13.6. The van der Waals surface area contributed by atoms with Crippen LogP contribution < -0.4 is 4.90 Å². The molecule has 0 saturated carbocycles. The van der Waals surface area contributed by atoms with Crippen LogP contribution in [0.1, 0.15) is 5.56 Å². The third-order valence-corrected chi connectivity index (χ3v) is 5.35. The van der Waals surface area contributed by atoms with Gasteiger partial charge in [0.05, 0.1) is 11.4 Å². The Morgan fingerprint density at radius 1 is 1.15 bits per heavy atom. The van der Waals surface area contributed by atoms with Gasteiger partial charge in [0.2, 0.25) is 5.72 Å². The summed E-state index contributed by atoms with van der Waals surface area (Å²) >= 11 is 5.86. The van der Waals surface area contributed by atoms with Crippen LogP contribution in [0.3, 0.4) is 0 Å². The Morgan fingerprint density at radius 3 is 2.23 bits per heavy atom. The van der Waals surface area contributed by atoms with Gasteiger partial charge in [-0.15, -0.1) is 0 Å². The van der Waals surface area contributed by atoms with Crippen LogP contribution in [-0.4, -0.2) is 44.3 Å². The van der Waals surface area contributed by atoms with Gasteiger partial charge >= 0.3 is 0 Å². The minimum atomic E-state index is -3.39. The topological polar surface area (TPSA) is 70.0 Å². The molecule has 9 heteroatoms. The van der Waals surface area contributed by atoms with Crippen LogP contribution in [0.25, 0.3) is 0 Å². The number of anilines is 1. The first-order valence-corrected chi connectivity index (χ1v) is 9.81. The van der Waals surface area contributed by atoms with Crippen molar-refractivity contribution in [3.8, 4) is 0 Å². The summed E-state index contributed by atoms with van der Waals surface area (Å²) in [5.74, 6) is 0.121. The van der Waals surface area contributed by atoms with E-state index in [-0.39, 0.29) is 10.7 Å². The van der Waals surface area contributed by atoms with Crippen molar-refractivity contribution in [2.45, 2.75) is 17.0 Å². The van der Waals surface area contributed by atoms with Crippen LogP contribution in [0.5, 0.6) is 0 Å². The molecule has 0 fully saturated rings. The lowest BCUT2D eigenvalue weighted by Gasteiger charge is -2.23. The van der Waals surface area contributed by atoms with Gasteiger partial charge in [-0.05, 0) is 48.5 Å². The second-order valence-corrected chi connectivity index (χ2v) is 8.43. The molecule has 2 aromatic rings. The van der Waals surface area contributed by atoms with Crippen molar-refractivity contribution in [1.29, 1.82) is 0 Å². The largest absolute Gasteiger partial charge is 0.363 e. The van der Waals surface area contributed by atoms with Crippen LogP contribution in [0, 0.1) is 0 Å². The number of aliphatic imine (C=N–C) groups is 1. The van der Waals surface area contributed by atoms with Gasteiger partial charge < -0.3 is 10.0 Å². The van der Waals surface area contributed by atoms with E-state index in [2.05, 4.69) is 4.99 Å². The predicted molar refractivity (Wildman–Crippen MR) is 95.8 cm³/mol. The summed E-state index contributed by atoms with van der Waals surface area (Å²) < 4.78 is 49.8. The van der Waals surface area contributed by atoms with Gasteiger partial charge in [-0.3, -0.25) is 0 Å². The van der Waals surface area contributed by atoms with E-state index >= 15 is 0 Å². The Morgan fingerprint density at radius 2 is 1.73 bits per heavy atom. The number of aliphatic hydroxyl groups is 1. The molecular formula is C17H15ClF2N2O3S. The summed E-state index contributed by atoms with van der Waals surface area (Å²) in [4.78, 5) is 5.37. The molecule has 0 aromatic heterocycles. The van der Waals surface area contributed by atoms with Crippen molar-refractivity contribution in [2.75, 3.05) is 17.7 Å². The smallest absolute Gasteiger partial charge is 0.289 e. The lowest BCUT2D eigenvalue weighted by atomic mass is 10.1. The Balaban J connectivity index is 2.05. The molecule has 1 atom stereocenters. The number of halogens is 3. The molecule has 0 amide bonds. The maximum Gasteiger partial charge on any atom is 0.289 e. The second kappa shape index (κ2) is 6.61. The maximum absolute atomic E-state index is 13.3. The third kappa shape index (κ3) is 3.58. The molecule has 0 bridgehead atoms. The van der Waals surface area contributed by atoms with Crippen molar-refractivity contribution in [3.63, 3.8) is 0 Å². The van der Waals surface area contributed by atoms with E-state index in [1.807, 2.05) is 0 Å². The molecule has 138 valence electrons. The number of nitrogens with zero attached hydrogens (tertiary/aromatic N) is 2. The van der Waals surface area contributed by atoms with E-state index in [0.29, 0.717) is 16.3 Å². The predicted octanol–water partition coefficient (Wildman–Crippen LogP) is 2.96. The molecule has 1 unspecified atom stereocenters. The van der Waals surface area contributed by atoms with Crippen molar-refractivity contribution in [1.82, 2.24) is 0 Å². The first-order valence-electron chi connectivity index (χ1n) is 7.54. The first kappa shape index (κ1) is 18.8. The highest BCUT2D eigenvalue weighted by molar-refractivity contribution is 7.90. The van der Waals surface area contributed by atoms with Crippen LogP contribution in [0.2, 0.25) is 5.02 Å². The van der Waals surface area contributed by atoms with E-state index in [4.69, 9.17) is 11.6 Å². The van der Waals surface area contributed by atoms with Crippen molar-refractivity contribution in [3.05, 3.63) is 59.1 Å². The Bertz CT molecular complexity index is 947. The molecule has 0 radical (unpaired) electrons. The number of rotatable bonds is 4. The van der Waals surface area contributed by atoms with Crippen LogP contribution >= 0.6 is 11.6 Å². The molecule has 1 heterocycles. The van der Waals surface area contributed by atoms with Crippen molar-refractivity contribution in [2.24, 2.45) is 4.99 Å². The highest BCUT2D eigenvalue weighted by atomic mass is 35.5. The molecule has 3 rings (SSSR count). The maximum atomic E-state index is 13.3. The van der Waals surface area contributed by atoms with Crippen LogP contribution in [-0.2, 0) is 9.84 Å². The van der Waals surface area contributed by atoms with Gasteiger partial charge in [0.15, 0.2) is 9.84 Å². The number of alkyl halides is 2. The van der Waals surface area contributed by atoms with Crippen LogP contribution in [0.15, 0.2) is 58.4 Å². The summed E-state index contributed by atoms with van der Waals surface area (Å²) in [6.45, 7) is -0.435. The molecular weight excluding hydrogens is 386 g/mol. The Kier molecular flexibility index (Phi) is 4.76. The van der Waals surface area contributed by atoms with E-state index < -0.39 is 28.5 Å². The summed E-state index contributed by atoms with van der Waals surface area (Å²) in [6.07, 6.45) is -2.00. The number of benzene rings is 2. The molecule has 0 aliphatic carbocycles. The molecule has 0 saturated heterocycles. The highest BCUT2D eigenvalue weighted by Gasteiger charge is 2.46. The lowest BCUT2D eigenvalue weighted by Crippen LogP contribution is -2.41. The van der Waals surface area contributed by atoms with E-state index in [1.165, 1.54) is 29.2 Å². The number of amidine groups is 1. The normalized spacial score (nSPS) is 20.5.